The van der Waals surface area contributed by atoms with Crippen molar-refractivity contribution >= 4 is 57.2 Å². The van der Waals surface area contributed by atoms with Crippen LogP contribution in [0.4, 0.5) is 34.1 Å². The summed E-state index contributed by atoms with van der Waals surface area (Å²) < 4.78 is 0. The van der Waals surface area contributed by atoms with Gasteiger partial charge in [0.25, 0.3) is 6.71 Å². The van der Waals surface area contributed by atoms with Gasteiger partial charge in [0.05, 0.1) is 5.69 Å². The quantitative estimate of drug-likeness (QED) is 0.163. The minimum atomic E-state index is -0.135. The lowest BCUT2D eigenvalue weighted by molar-refractivity contribution is 0.332. The van der Waals surface area contributed by atoms with Crippen LogP contribution in [0.15, 0.2) is 164 Å². The van der Waals surface area contributed by atoms with Crippen molar-refractivity contribution in [1.29, 1.82) is 0 Å². The summed E-state index contributed by atoms with van der Waals surface area (Å²) in [6.07, 6.45) is 2.32. The van der Waals surface area contributed by atoms with Crippen molar-refractivity contribution in [3.05, 3.63) is 197 Å². The Bertz CT molecular complexity index is 3330. The first-order valence-corrected chi connectivity index (χ1v) is 24.6. The van der Waals surface area contributed by atoms with E-state index >= 15 is 0 Å². The van der Waals surface area contributed by atoms with Crippen LogP contribution in [-0.4, -0.2) is 6.71 Å². The molecule has 0 bridgehead atoms. The molecule has 0 aromatic heterocycles. The standard InChI is InChI=1S/C64H61BN2/c1-40-28-29-44(42-22-15-12-16-23-42)35-55(40)67-56-39-50-49(62(5,6)32-33-63(50,7)8)38-52(56)65-51-34-43(41-20-13-11-14-21-41)30-31-53(51)66(57-36-45(61(2,3)4)37-58(67)60(57)65)54-27-19-26-48-59(54)46-24-17-18-25-47(46)64(48,9)10/h11-31,34-39H,32-33H2,1-10H3. The SMILES string of the molecule is Cc1ccc(-c2ccccc2)cc1N1c2cc3c(cc2B2c4cc(-c5ccccc5)ccc4N(c4cccc5c4-c4ccccc4C5(C)C)c4cc(C(C)(C)C)cc1c42)C(C)(C)CCC3(C)C. The zero-order chi connectivity index (χ0) is 46.4. The van der Waals surface area contributed by atoms with Gasteiger partial charge >= 0.3 is 0 Å². The Kier molecular flexibility index (Phi) is 9.03. The van der Waals surface area contributed by atoms with Crippen LogP contribution in [0.1, 0.15) is 109 Å². The number of benzene rings is 8. The Morgan fingerprint density at radius 3 is 1.64 bits per heavy atom. The molecule has 0 saturated heterocycles. The smallest absolute Gasteiger partial charge is 0.252 e. The van der Waals surface area contributed by atoms with Crippen LogP contribution >= 0.6 is 0 Å². The molecule has 8 aromatic rings. The number of nitrogens with zero attached hydrogens (tertiary/aromatic N) is 2. The van der Waals surface area contributed by atoms with Gasteiger partial charge in [-0.1, -0.05) is 190 Å². The monoisotopic (exact) mass is 868 g/mol. The minimum absolute atomic E-state index is 0.00980. The third-order valence-electron chi connectivity index (χ3n) is 16.4. The van der Waals surface area contributed by atoms with Gasteiger partial charge in [-0.05, 0) is 150 Å². The lowest BCUT2D eigenvalue weighted by Gasteiger charge is -2.48. The van der Waals surface area contributed by atoms with Crippen molar-refractivity contribution in [2.75, 3.05) is 9.80 Å². The first kappa shape index (κ1) is 41.8. The predicted octanol–water partition coefficient (Wildman–Crippen LogP) is 15.4. The molecule has 0 radical (unpaired) electrons. The molecule has 330 valence electrons. The average molecular weight is 869 g/mol. The van der Waals surface area contributed by atoms with Gasteiger partial charge in [-0.25, -0.2) is 0 Å². The van der Waals surface area contributed by atoms with Crippen molar-refractivity contribution in [2.45, 2.75) is 104 Å². The molecule has 0 saturated carbocycles. The first-order chi connectivity index (χ1) is 32.0. The van der Waals surface area contributed by atoms with Crippen molar-refractivity contribution in [3.8, 4) is 33.4 Å². The molecule has 0 spiro atoms. The molecule has 67 heavy (non-hydrogen) atoms. The van der Waals surface area contributed by atoms with E-state index in [2.05, 4.69) is 243 Å². The van der Waals surface area contributed by atoms with Gasteiger partial charge in [-0.2, -0.15) is 0 Å². The number of hydrogen-bond acceptors (Lipinski definition) is 2. The molecular weight excluding hydrogens is 808 g/mol. The Balaban J connectivity index is 1.24. The second kappa shape index (κ2) is 14.5. The van der Waals surface area contributed by atoms with E-state index in [1.165, 1.54) is 117 Å². The lowest BCUT2D eigenvalue weighted by atomic mass is 9.33. The highest BCUT2D eigenvalue weighted by Gasteiger charge is 2.48. The van der Waals surface area contributed by atoms with Crippen LogP contribution in [-0.2, 0) is 21.7 Å². The fourth-order valence-electron chi connectivity index (χ4n) is 12.4. The fourth-order valence-corrected chi connectivity index (χ4v) is 12.4. The van der Waals surface area contributed by atoms with Gasteiger partial charge in [0.1, 0.15) is 0 Å². The summed E-state index contributed by atoms with van der Waals surface area (Å²) in [7, 11) is 0. The van der Waals surface area contributed by atoms with E-state index in [1.54, 1.807) is 0 Å². The highest BCUT2D eigenvalue weighted by molar-refractivity contribution is 7.00. The van der Waals surface area contributed by atoms with Crippen molar-refractivity contribution in [1.82, 2.24) is 0 Å². The topological polar surface area (TPSA) is 6.48 Å². The summed E-state index contributed by atoms with van der Waals surface area (Å²) in [6, 6.07) is 63.0. The van der Waals surface area contributed by atoms with Gasteiger partial charge in [-0.15, -0.1) is 0 Å². The predicted molar refractivity (Wildman–Crippen MR) is 288 cm³/mol. The highest BCUT2D eigenvalue weighted by Crippen LogP contribution is 2.56. The number of anilines is 6. The molecular formula is C64H61BN2. The van der Waals surface area contributed by atoms with E-state index in [9.17, 15) is 0 Å². The molecule has 2 aliphatic heterocycles. The molecule has 0 N–H and O–H groups in total. The first-order valence-electron chi connectivity index (χ1n) is 24.6. The van der Waals surface area contributed by atoms with E-state index in [0.29, 0.717) is 0 Å². The third kappa shape index (κ3) is 6.23. The number of hydrogen-bond donors (Lipinski definition) is 0. The van der Waals surface area contributed by atoms with Crippen LogP contribution in [0.25, 0.3) is 33.4 Å². The summed E-state index contributed by atoms with van der Waals surface area (Å²) in [5.41, 5.74) is 27.4. The lowest BCUT2D eigenvalue weighted by Crippen LogP contribution is -2.62. The summed E-state index contributed by atoms with van der Waals surface area (Å²) in [6.45, 7) is 24.2. The highest BCUT2D eigenvalue weighted by atomic mass is 15.2. The zero-order valence-corrected chi connectivity index (χ0v) is 41.0. The number of aryl methyl sites for hydroxylation is 1. The maximum Gasteiger partial charge on any atom is 0.252 e. The minimum Gasteiger partial charge on any atom is -0.311 e. The van der Waals surface area contributed by atoms with Gasteiger partial charge in [0, 0.05) is 39.4 Å². The van der Waals surface area contributed by atoms with E-state index in [4.69, 9.17) is 0 Å². The molecule has 0 fully saturated rings. The maximum absolute atomic E-state index is 2.69. The average Bonchev–Trinajstić information content (AvgIpc) is 3.56. The van der Waals surface area contributed by atoms with E-state index in [-0.39, 0.29) is 28.4 Å². The van der Waals surface area contributed by atoms with Crippen molar-refractivity contribution < 1.29 is 0 Å². The summed E-state index contributed by atoms with van der Waals surface area (Å²) in [5, 5.41) is 0. The molecule has 4 aliphatic rings. The molecule has 3 heteroatoms. The van der Waals surface area contributed by atoms with Crippen molar-refractivity contribution in [3.63, 3.8) is 0 Å². The Morgan fingerprint density at radius 1 is 0.433 bits per heavy atom. The number of rotatable bonds is 4. The van der Waals surface area contributed by atoms with Crippen molar-refractivity contribution in [2.24, 2.45) is 0 Å². The fraction of sp³-hybridized carbons (Fsp3) is 0.250. The zero-order valence-electron chi connectivity index (χ0n) is 41.0. The van der Waals surface area contributed by atoms with Crippen LogP contribution in [0.5, 0.6) is 0 Å². The second-order valence-electron chi connectivity index (χ2n) is 22.9. The van der Waals surface area contributed by atoms with Crippen LogP contribution in [0.3, 0.4) is 0 Å². The van der Waals surface area contributed by atoms with Crippen LogP contribution in [0.2, 0.25) is 0 Å². The molecule has 12 rings (SSSR count). The Morgan fingerprint density at radius 2 is 0.985 bits per heavy atom. The summed E-state index contributed by atoms with van der Waals surface area (Å²) >= 11 is 0. The Labute approximate surface area is 399 Å². The van der Waals surface area contributed by atoms with E-state index in [0.717, 1.165) is 12.8 Å². The van der Waals surface area contributed by atoms with E-state index in [1.807, 2.05) is 0 Å². The molecule has 0 amide bonds. The Hall–Kier alpha value is -6.58. The third-order valence-corrected chi connectivity index (χ3v) is 16.4. The molecule has 2 aliphatic carbocycles. The van der Waals surface area contributed by atoms with E-state index < -0.39 is 0 Å². The molecule has 0 unspecified atom stereocenters. The second-order valence-corrected chi connectivity index (χ2v) is 22.9. The largest absolute Gasteiger partial charge is 0.311 e. The van der Waals surface area contributed by atoms with Gasteiger partial charge in [-0.3, -0.25) is 0 Å². The maximum atomic E-state index is 2.69. The van der Waals surface area contributed by atoms with Crippen LogP contribution < -0.4 is 26.2 Å². The molecule has 0 atom stereocenters. The van der Waals surface area contributed by atoms with Gasteiger partial charge in [0.15, 0.2) is 0 Å². The van der Waals surface area contributed by atoms with Gasteiger partial charge < -0.3 is 9.80 Å². The number of fused-ring (bicyclic) bond motifs is 8. The molecule has 2 nitrogen and oxygen atoms in total. The molecule has 8 aromatic carbocycles. The molecule has 2 heterocycles. The summed E-state index contributed by atoms with van der Waals surface area (Å²) in [5.74, 6) is 0. The normalized spacial score (nSPS) is 16.7. The summed E-state index contributed by atoms with van der Waals surface area (Å²) in [4.78, 5) is 5.37. The van der Waals surface area contributed by atoms with Crippen LogP contribution in [0, 0.1) is 6.92 Å². The van der Waals surface area contributed by atoms with Gasteiger partial charge in [0.2, 0.25) is 0 Å².